The summed E-state index contributed by atoms with van der Waals surface area (Å²) in [5, 5.41) is 1.13. The SMILES string of the molecule is C.CSc1ccc(-c2ccc3cc(-n4cnc(C)c4)ccc3n2)cc1. The molecule has 0 aliphatic carbocycles. The molecule has 2 aromatic heterocycles. The molecule has 3 nitrogen and oxygen atoms in total. The summed E-state index contributed by atoms with van der Waals surface area (Å²) in [5.74, 6) is 0. The maximum Gasteiger partial charge on any atom is 0.0995 e. The predicted octanol–water partition coefficient (Wildman–Crippen LogP) is 5.75. The highest BCUT2D eigenvalue weighted by Crippen LogP contribution is 2.25. The van der Waals surface area contributed by atoms with Gasteiger partial charge in [0.25, 0.3) is 0 Å². The number of aryl methyl sites for hydroxylation is 1. The van der Waals surface area contributed by atoms with Crippen molar-refractivity contribution in [1.29, 1.82) is 0 Å². The highest BCUT2D eigenvalue weighted by atomic mass is 32.2. The van der Waals surface area contributed by atoms with E-state index in [0.717, 1.165) is 33.5 Å². The summed E-state index contributed by atoms with van der Waals surface area (Å²) in [6.45, 7) is 1.99. The molecule has 0 aliphatic heterocycles. The molecule has 0 saturated heterocycles. The molecule has 4 rings (SSSR count). The van der Waals surface area contributed by atoms with Crippen molar-refractivity contribution in [3.05, 3.63) is 72.8 Å². The highest BCUT2D eigenvalue weighted by Gasteiger charge is 2.04. The predicted molar refractivity (Wildman–Crippen MR) is 108 cm³/mol. The van der Waals surface area contributed by atoms with Crippen molar-refractivity contribution in [2.75, 3.05) is 6.26 Å². The molecular weight excluding hydrogens is 326 g/mol. The van der Waals surface area contributed by atoms with Gasteiger partial charge in [0.2, 0.25) is 0 Å². The molecule has 0 aliphatic rings. The van der Waals surface area contributed by atoms with Crippen LogP contribution in [0.15, 0.2) is 72.0 Å². The van der Waals surface area contributed by atoms with Crippen LogP contribution in [0, 0.1) is 6.92 Å². The van der Waals surface area contributed by atoms with Gasteiger partial charge in [-0.05, 0) is 49.6 Å². The van der Waals surface area contributed by atoms with Crippen LogP contribution in [0.4, 0.5) is 0 Å². The summed E-state index contributed by atoms with van der Waals surface area (Å²) in [5.41, 5.74) is 5.26. The Labute approximate surface area is 152 Å². The number of aromatic nitrogens is 3. The van der Waals surface area contributed by atoms with Gasteiger partial charge in [0.15, 0.2) is 0 Å². The van der Waals surface area contributed by atoms with Crippen molar-refractivity contribution in [1.82, 2.24) is 14.5 Å². The third kappa shape index (κ3) is 3.44. The Morgan fingerprint density at radius 2 is 1.76 bits per heavy atom. The second-order valence-electron chi connectivity index (χ2n) is 5.72. The molecule has 0 unspecified atom stereocenters. The van der Waals surface area contributed by atoms with Gasteiger partial charge in [-0.1, -0.05) is 25.6 Å². The molecule has 0 saturated carbocycles. The molecule has 0 amide bonds. The zero-order valence-corrected chi connectivity index (χ0v) is 14.4. The van der Waals surface area contributed by atoms with Gasteiger partial charge in [-0.25, -0.2) is 9.97 Å². The van der Waals surface area contributed by atoms with Crippen molar-refractivity contribution in [3.63, 3.8) is 0 Å². The van der Waals surface area contributed by atoms with Crippen LogP contribution in [0.1, 0.15) is 13.1 Å². The van der Waals surface area contributed by atoms with E-state index in [9.17, 15) is 0 Å². The van der Waals surface area contributed by atoms with E-state index in [2.05, 4.69) is 65.8 Å². The van der Waals surface area contributed by atoms with Crippen molar-refractivity contribution in [2.24, 2.45) is 0 Å². The summed E-state index contributed by atoms with van der Waals surface area (Å²) >= 11 is 1.75. The number of nitrogens with zero attached hydrogens (tertiary/aromatic N) is 3. The smallest absolute Gasteiger partial charge is 0.0995 e. The molecule has 4 heteroatoms. The third-order valence-electron chi connectivity index (χ3n) is 4.07. The second kappa shape index (κ2) is 7.11. The first-order valence-electron chi connectivity index (χ1n) is 7.79. The lowest BCUT2D eigenvalue weighted by Gasteiger charge is -2.07. The van der Waals surface area contributed by atoms with Crippen LogP contribution in [-0.4, -0.2) is 20.8 Å². The average Bonchev–Trinajstić information content (AvgIpc) is 3.07. The van der Waals surface area contributed by atoms with Gasteiger partial charge in [0.05, 0.1) is 23.2 Å². The van der Waals surface area contributed by atoms with E-state index in [0.29, 0.717) is 0 Å². The number of pyridine rings is 1. The van der Waals surface area contributed by atoms with Gasteiger partial charge in [-0.2, -0.15) is 0 Å². The van der Waals surface area contributed by atoms with Gasteiger partial charge < -0.3 is 4.57 Å². The van der Waals surface area contributed by atoms with Crippen LogP contribution < -0.4 is 0 Å². The molecule has 2 heterocycles. The Balaban J connectivity index is 0.00000182. The quantitative estimate of drug-likeness (QED) is 0.442. The van der Waals surface area contributed by atoms with Crippen molar-refractivity contribution >= 4 is 22.7 Å². The summed E-state index contributed by atoms with van der Waals surface area (Å²) in [6, 6.07) is 19.0. The lowest BCUT2D eigenvalue weighted by atomic mass is 10.1. The minimum Gasteiger partial charge on any atom is -0.306 e. The number of benzene rings is 2. The zero-order valence-electron chi connectivity index (χ0n) is 13.6. The first-order chi connectivity index (χ1) is 11.7. The van der Waals surface area contributed by atoms with Crippen molar-refractivity contribution < 1.29 is 0 Å². The monoisotopic (exact) mass is 347 g/mol. The molecule has 4 aromatic rings. The van der Waals surface area contributed by atoms with Crippen LogP contribution >= 0.6 is 11.8 Å². The molecule has 126 valence electrons. The first kappa shape index (κ1) is 17.2. The number of hydrogen-bond donors (Lipinski definition) is 0. The van der Waals surface area contributed by atoms with Crippen LogP contribution in [-0.2, 0) is 0 Å². The van der Waals surface area contributed by atoms with Crippen LogP contribution in [0.3, 0.4) is 0 Å². The Morgan fingerprint density at radius 3 is 2.44 bits per heavy atom. The first-order valence-corrected chi connectivity index (χ1v) is 9.01. The topological polar surface area (TPSA) is 30.7 Å². The van der Waals surface area contributed by atoms with Crippen LogP contribution in [0.25, 0.3) is 27.8 Å². The van der Waals surface area contributed by atoms with E-state index in [1.54, 1.807) is 11.8 Å². The molecule has 0 atom stereocenters. The zero-order chi connectivity index (χ0) is 16.5. The summed E-state index contributed by atoms with van der Waals surface area (Å²) < 4.78 is 2.03. The Morgan fingerprint density at radius 1 is 0.960 bits per heavy atom. The number of thioether (sulfide) groups is 1. The maximum absolute atomic E-state index is 4.81. The number of rotatable bonds is 3. The van der Waals surface area contributed by atoms with Gasteiger partial charge in [0, 0.05) is 27.7 Å². The third-order valence-corrected chi connectivity index (χ3v) is 4.81. The average molecular weight is 347 g/mol. The molecule has 25 heavy (non-hydrogen) atoms. The minimum atomic E-state index is 0. The fourth-order valence-electron chi connectivity index (χ4n) is 2.76. The molecule has 0 N–H and O–H groups in total. The van der Waals surface area contributed by atoms with E-state index in [4.69, 9.17) is 4.98 Å². The molecule has 0 fully saturated rings. The van der Waals surface area contributed by atoms with Crippen molar-refractivity contribution in [3.8, 4) is 16.9 Å². The van der Waals surface area contributed by atoms with Gasteiger partial charge in [0.1, 0.15) is 0 Å². The lowest BCUT2D eigenvalue weighted by Crippen LogP contribution is -1.91. The number of imidazole rings is 1. The second-order valence-corrected chi connectivity index (χ2v) is 6.60. The van der Waals surface area contributed by atoms with Crippen LogP contribution in [0.5, 0.6) is 0 Å². The maximum atomic E-state index is 4.81. The lowest BCUT2D eigenvalue weighted by molar-refractivity contribution is 1.06. The normalized spacial score (nSPS) is 10.6. The standard InChI is InChI=1S/C20H17N3S.CH4/c1-14-12-23(13-21-14)17-6-10-20-16(11-17)5-9-19(22-20)15-3-7-18(24-2)8-4-15;/h3-13H,1-2H3;1H4. The summed E-state index contributed by atoms with van der Waals surface area (Å²) in [7, 11) is 0. The highest BCUT2D eigenvalue weighted by molar-refractivity contribution is 7.98. The number of hydrogen-bond acceptors (Lipinski definition) is 3. The Bertz CT molecular complexity index is 1000. The van der Waals surface area contributed by atoms with E-state index in [1.165, 1.54) is 4.90 Å². The fourth-order valence-corrected chi connectivity index (χ4v) is 3.17. The van der Waals surface area contributed by atoms with Gasteiger partial charge >= 0.3 is 0 Å². The molecule has 0 radical (unpaired) electrons. The Kier molecular flexibility index (Phi) is 4.91. The van der Waals surface area contributed by atoms with Crippen molar-refractivity contribution in [2.45, 2.75) is 19.2 Å². The van der Waals surface area contributed by atoms with E-state index in [1.807, 2.05) is 24.0 Å². The molecule has 0 spiro atoms. The summed E-state index contributed by atoms with van der Waals surface area (Å²) in [6.07, 6.45) is 5.95. The summed E-state index contributed by atoms with van der Waals surface area (Å²) in [4.78, 5) is 10.4. The Hall–Kier alpha value is -2.59. The fraction of sp³-hybridized carbons (Fsp3) is 0.143. The van der Waals surface area contributed by atoms with E-state index in [-0.39, 0.29) is 7.43 Å². The molecular formula is C21H21N3S. The largest absolute Gasteiger partial charge is 0.306 e. The van der Waals surface area contributed by atoms with Gasteiger partial charge in [-0.15, -0.1) is 11.8 Å². The minimum absolute atomic E-state index is 0. The van der Waals surface area contributed by atoms with E-state index >= 15 is 0 Å². The van der Waals surface area contributed by atoms with Crippen LogP contribution in [0.2, 0.25) is 0 Å². The number of fused-ring (bicyclic) bond motifs is 1. The molecule has 2 aromatic carbocycles. The van der Waals surface area contributed by atoms with Gasteiger partial charge in [-0.3, -0.25) is 0 Å². The molecule has 0 bridgehead atoms. The van der Waals surface area contributed by atoms with E-state index < -0.39 is 0 Å².